The molecule has 2 unspecified atom stereocenters. The fourth-order valence-corrected chi connectivity index (χ4v) is 3.43. The largest absolute Gasteiger partial charge is 0.399 e. The van der Waals surface area contributed by atoms with Crippen molar-refractivity contribution in [2.45, 2.75) is 45.7 Å². The van der Waals surface area contributed by atoms with E-state index in [2.05, 4.69) is 56.4 Å². The van der Waals surface area contributed by atoms with Gasteiger partial charge >= 0.3 is 0 Å². The van der Waals surface area contributed by atoms with Gasteiger partial charge in [-0.1, -0.05) is 29.8 Å². The van der Waals surface area contributed by atoms with E-state index in [0.29, 0.717) is 12.1 Å². The molecule has 0 radical (unpaired) electrons. The average molecular weight is 280 g/mol. The van der Waals surface area contributed by atoms with Crippen molar-refractivity contribution >= 4 is 5.69 Å². The van der Waals surface area contributed by atoms with Crippen molar-refractivity contribution < 1.29 is 0 Å². The van der Waals surface area contributed by atoms with Crippen LogP contribution in [0.15, 0.2) is 36.4 Å². The topological polar surface area (TPSA) is 38.0 Å². The van der Waals surface area contributed by atoms with E-state index in [1.165, 1.54) is 27.8 Å². The molecule has 21 heavy (non-hydrogen) atoms. The van der Waals surface area contributed by atoms with Gasteiger partial charge in [-0.05, 0) is 68.0 Å². The Labute approximate surface area is 127 Å². The van der Waals surface area contributed by atoms with E-state index < -0.39 is 0 Å². The molecule has 0 saturated carbocycles. The Morgan fingerprint density at radius 2 is 1.95 bits per heavy atom. The third-order valence-electron chi connectivity index (χ3n) is 4.60. The molecule has 0 saturated heterocycles. The summed E-state index contributed by atoms with van der Waals surface area (Å²) in [5.41, 5.74) is 13.7. The van der Waals surface area contributed by atoms with Gasteiger partial charge in [-0.3, -0.25) is 0 Å². The number of nitrogens with two attached hydrogens (primary N) is 1. The molecule has 2 atom stereocenters. The van der Waals surface area contributed by atoms with Crippen molar-refractivity contribution in [3.8, 4) is 0 Å². The summed E-state index contributed by atoms with van der Waals surface area (Å²) in [5.74, 6) is 0. The molecule has 0 fully saturated rings. The van der Waals surface area contributed by atoms with E-state index in [1.807, 2.05) is 6.07 Å². The SMILES string of the molecule is Cc1ccc(C)c(C(C)NC2CCc3cc(N)ccc32)c1. The van der Waals surface area contributed by atoms with Crippen molar-refractivity contribution in [3.63, 3.8) is 0 Å². The minimum absolute atomic E-state index is 0.360. The van der Waals surface area contributed by atoms with Crippen LogP contribution in [-0.2, 0) is 6.42 Å². The van der Waals surface area contributed by atoms with Crippen LogP contribution in [0.1, 0.15) is 53.2 Å². The molecule has 2 aromatic rings. The number of hydrogen-bond acceptors (Lipinski definition) is 2. The third-order valence-corrected chi connectivity index (χ3v) is 4.60. The number of hydrogen-bond donors (Lipinski definition) is 2. The van der Waals surface area contributed by atoms with E-state index in [1.54, 1.807) is 0 Å². The Kier molecular flexibility index (Phi) is 3.73. The molecule has 110 valence electrons. The molecule has 0 aromatic heterocycles. The van der Waals surface area contributed by atoms with Crippen molar-refractivity contribution in [3.05, 3.63) is 64.2 Å². The summed E-state index contributed by atoms with van der Waals surface area (Å²) in [4.78, 5) is 0. The van der Waals surface area contributed by atoms with Crippen LogP contribution in [0.2, 0.25) is 0 Å². The summed E-state index contributed by atoms with van der Waals surface area (Å²) in [5, 5.41) is 3.80. The quantitative estimate of drug-likeness (QED) is 0.826. The van der Waals surface area contributed by atoms with Crippen LogP contribution in [0.25, 0.3) is 0 Å². The van der Waals surface area contributed by atoms with Crippen LogP contribution in [0.3, 0.4) is 0 Å². The normalized spacial score (nSPS) is 18.5. The summed E-state index contributed by atoms with van der Waals surface area (Å²) in [6, 6.07) is 13.8. The van der Waals surface area contributed by atoms with E-state index in [9.17, 15) is 0 Å². The smallest absolute Gasteiger partial charge is 0.0331 e. The monoisotopic (exact) mass is 280 g/mol. The lowest BCUT2D eigenvalue weighted by Crippen LogP contribution is -2.23. The fourth-order valence-electron chi connectivity index (χ4n) is 3.43. The maximum atomic E-state index is 5.88. The predicted octanol–water partition coefficient (Wildman–Crippen LogP) is 4.22. The molecule has 0 heterocycles. The first-order valence-electron chi connectivity index (χ1n) is 7.76. The maximum absolute atomic E-state index is 5.88. The second-order valence-corrected chi connectivity index (χ2v) is 6.30. The van der Waals surface area contributed by atoms with E-state index in [4.69, 9.17) is 5.73 Å². The van der Waals surface area contributed by atoms with Crippen LogP contribution < -0.4 is 11.1 Å². The Morgan fingerprint density at radius 3 is 2.76 bits per heavy atom. The van der Waals surface area contributed by atoms with E-state index in [0.717, 1.165) is 18.5 Å². The van der Waals surface area contributed by atoms with Crippen LogP contribution in [0.5, 0.6) is 0 Å². The van der Waals surface area contributed by atoms with Crippen molar-refractivity contribution in [1.82, 2.24) is 5.32 Å². The van der Waals surface area contributed by atoms with Gasteiger partial charge in [0, 0.05) is 17.8 Å². The Balaban J connectivity index is 1.81. The average Bonchev–Trinajstić information content (AvgIpc) is 2.83. The van der Waals surface area contributed by atoms with Crippen LogP contribution in [-0.4, -0.2) is 0 Å². The highest BCUT2D eigenvalue weighted by Crippen LogP contribution is 2.34. The molecule has 3 rings (SSSR count). The molecule has 0 aliphatic heterocycles. The number of nitrogen functional groups attached to an aromatic ring is 1. The Bertz CT molecular complexity index is 661. The zero-order valence-corrected chi connectivity index (χ0v) is 13.1. The number of fused-ring (bicyclic) bond motifs is 1. The summed E-state index contributed by atoms with van der Waals surface area (Å²) in [7, 11) is 0. The third kappa shape index (κ3) is 2.81. The van der Waals surface area contributed by atoms with Gasteiger partial charge in [0.25, 0.3) is 0 Å². The first-order valence-corrected chi connectivity index (χ1v) is 7.76. The van der Waals surface area contributed by atoms with Gasteiger partial charge in [-0.15, -0.1) is 0 Å². The molecule has 0 amide bonds. The molecule has 0 bridgehead atoms. The Morgan fingerprint density at radius 1 is 1.14 bits per heavy atom. The summed E-state index contributed by atoms with van der Waals surface area (Å²) < 4.78 is 0. The molecule has 1 aliphatic rings. The minimum Gasteiger partial charge on any atom is -0.399 e. The van der Waals surface area contributed by atoms with Gasteiger partial charge in [0.05, 0.1) is 0 Å². The number of anilines is 1. The molecule has 3 N–H and O–H groups in total. The first-order chi connectivity index (χ1) is 10.0. The fraction of sp³-hybridized carbons (Fsp3) is 0.368. The summed E-state index contributed by atoms with van der Waals surface area (Å²) in [6.07, 6.45) is 2.28. The number of aryl methyl sites for hydroxylation is 3. The van der Waals surface area contributed by atoms with Gasteiger partial charge < -0.3 is 11.1 Å². The molecule has 2 aromatic carbocycles. The van der Waals surface area contributed by atoms with Crippen LogP contribution in [0, 0.1) is 13.8 Å². The lowest BCUT2D eigenvalue weighted by Gasteiger charge is -2.22. The maximum Gasteiger partial charge on any atom is 0.0331 e. The lowest BCUT2D eigenvalue weighted by atomic mass is 9.98. The van der Waals surface area contributed by atoms with Gasteiger partial charge in [-0.2, -0.15) is 0 Å². The first kappa shape index (κ1) is 14.2. The van der Waals surface area contributed by atoms with Crippen LogP contribution in [0.4, 0.5) is 5.69 Å². The minimum atomic E-state index is 0.360. The molecular formula is C19H24N2. The van der Waals surface area contributed by atoms with Gasteiger partial charge in [0.2, 0.25) is 0 Å². The van der Waals surface area contributed by atoms with Crippen molar-refractivity contribution in [2.24, 2.45) is 0 Å². The standard InChI is InChI=1S/C19H24N2/c1-12-4-5-13(2)18(10-12)14(3)21-19-9-6-15-11-16(20)7-8-17(15)19/h4-5,7-8,10-11,14,19,21H,6,9,20H2,1-3H3. The number of rotatable bonds is 3. The molecule has 2 nitrogen and oxygen atoms in total. The zero-order chi connectivity index (χ0) is 15.0. The highest BCUT2D eigenvalue weighted by Gasteiger charge is 2.24. The van der Waals surface area contributed by atoms with Crippen LogP contribution >= 0.6 is 0 Å². The predicted molar refractivity (Wildman–Crippen MR) is 89.4 cm³/mol. The van der Waals surface area contributed by atoms with Gasteiger partial charge in [-0.25, -0.2) is 0 Å². The Hall–Kier alpha value is -1.80. The second kappa shape index (κ2) is 5.53. The molecule has 1 aliphatic carbocycles. The number of benzene rings is 2. The summed E-state index contributed by atoms with van der Waals surface area (Å²) in [6.45, 7) is 6.61. The van der Waals surface area contributed by atoms with Crippen molar-refractivity contribution in [2.75, 3.05) is 5.73 Å². The van der Waals surface area contributed by atoms with E-state index >= 15 is 0 Å². The summed E-state index contributed by atoms with van der Waals surface area (Å²) >= 11 is 0. The van der Waals surface area contributed by atoms with Gasteiger partial charge in [0.1, 0.15) is 0 Å². The molecular weight excluding hydrogens is 256 g/mol. The highest BCUT2D eigenvalue weighted by molar-refractivity contribution is 5.48. The highest BCUT2D eigenvalue weighted by atomic mass is 15.0. The lowest BCUT2D eigenvalue weighted by molar-refractivity contribution is 0.463. The number of nitrogens with one attached hydrogen (secondary N) is 1. The second-order valence-electron chi connectivity index (χ2n) is 6.30. The molecule has 2 heteroatoms. The van der Waals surface area contributed by atoms with Crippen molar-refractivity contribution in [1.29, 1.82) is 0 Å². The van der Waals surface area contributed by atoms with E-state index in [-0.39, 0.29) is 0 Å². The van der Waals surface area contributed by atoms with Gasteiger partial charge in [0.15, 0.2) is 0 Å². The molecule has 0 spiro atoms. The zero-order valence-electron chi connectivity index (χ0n) is 13.1.